The second-order valence-electron chi connectivity index (χ2n) is 9.36. The molecule has 4 aromatic rings. The van der Waals surface area contributed by atoms with Gasteiger partial charge in [0, 0.05) is 30.4 Å². The van der Waals surface area contributed by atoms with Crippen LogP contribution in [0.3, 0.4) is 0 Å². The van der Waals surface area contributed by atoms with Gasteiger partial charge in [0.25, 0.3) is 5.91 Å². The van der Waals surface area contributed by atoms with Crippen LogP contribution in [-0.2, 0) is 26.3 Å². The van der Waals surface area contributed by atoms with Gasteiger partial charge in [-0.05, 0) is 52.9 Å². The summed E-state index contributed by atoms with van der Waals surface area (Å²) in [6.45, 7) is 7.83. The van der Waals surface area contributed by atoms with Crippen LogP contribution < -0.4 is 15.2 Å². The van der Waals surface area contributed by atoms with Crippen LogP contribution in [0, 0.1) is 0 Å². The van der Waals surface area contributed by atoms with Gasteiger partial charge in [-0.15, -0.1) is 0 Å². The van der Waals surface area contributed by atoms with Crippen molar-refractivity contribution >= 4 is 17.2 Å². The number of nitrogen functional groups attached to an aromatic ring is 1. The van der Waals surface area contributed by atoms with Crippen molar-refractivity contribution in [3.63, 3.8) is 0 Å². The number of nitrogens with two attached hydrogens (primary N) is 1. The lowest BCUT2D eigenvalue weighted by Gasteiger charge is -2.21. The number of benzene rings is 4. The van der Waals surface area contributed by atoms with Crippen LogP contribution in [-0.4, -0.2) is 10.8 Å². The van der Waals surface area contributed by atoms with Crippen LogP contribution >= 0.6 is 0 Å². The third-order valence-corrected chi connectivity index (χ3v) is 6.49. The number of ether oxygens (including phenoxy) is 2. The van der Waals surface area contributed by atoms with Crippen molar-refractivity contribution in [2.24, 2.45) is 0 Å². The van der Waals surface area contributed by atoms with E-state index in [0.29, 0.717) is 49.1 Å². The third kappa shape index (κ3) is 5.51. The molecule has 0 saturated carbocycles. The molecule has 0 atom stereocenters. The molecule has 5 rings (SSSR count). The van der Waals surface area contributed by atoms with Gasteiger partial charge in [0.05, 0.1) is 5.56 Å². The molecule has 0 aliphatic carbocycles. The predicted octanol–water partition coefficient (Wildman–Crippen LogP) is 6.62. The summed E-state index contributed by atoms with van der Waals surface area (Å²) in [4.78, 5) is 15.7. The summed E-state index contributed by atoms with van der Waals surface area (Å²) in [5, 5.41) is 0. The number of allylic oxidation sites excluding steroid dienone is 1. The van der Waals surface area contributed by atoms with E-state index >= 15 is 0 Å². The molecule has 2 N–H and O–H groups in total. The van der Waals surface area contributed by atoms with E-state index in [9.17, 15) is 4.79 Å². The number of rotatable bonds is 8. The first-order valence-electron chi connectivity index (χ1n) is 12.3. The Morgan fingerprint density at radius 3 is 1.95 bits per heavy atom. The van der Waals surface area contributed by atoms with Crippen LogP contribution in [0.4, 0.5) is 5.69 Å². The first kappa shape index (κ1) is 24.2. The molecular formula is C32H30N2O3. The van der Waals surface area contributed by atoms with Gasteiger partial charge in [0.15, 0.2) is 0 Å². The van der Waals surface area contributed by atoms with E-state index in [4.69, 9.17) is 15.2 Å². The summed E-state index contributed by atoms with van der Waals surface area (Å²) in [6.07, 6.45) is 0. The van der Waals surface area contributed by atoms with E-state index in [1.807, 2.05) is 103 Å². The Balaban J connectivity index is 1.48. The van der Waals surface area contributed by atoms with Gasteiger partial charge >= 0.3 is 0 Å². The zero-order valence-corrected chi connectivity index (χ0v) is 20.9. The quantitative estimate of drug-likeness (QED) is 0.282. The smallest absolute Gasteiger partial charge is 0.258 e. The Kier molecular flexibility index (Phi) is 6.95. The average molecular weight is 491 g/mol. The maximum Gasteiger partial charge on any atom is 0.258 e. The molecule has 0 spiro atoms. The number of nitrogens with zero attached hydrogens (tertiary/aromatic N) is 1. The molecule has 37 heavy (non-hydrogen) atoms. The molecule has 1 aliphatic rings. The Labute approximate surface area is 217 Å². The highest BCUT2D eigenvalue weighted by atomic mass is 16.5. The molecule has 1 aliphatic heterocycles. The van der Waals surface area contributed by atoms with Crippen molar-refractivity contribution in [3.8, 4) is 11.5 Å². The highest BCUT2D eigenvalue weighted by Crippen LogP contribution is 2.36. The lowest BCUT2D eigenvalue weighted by molar-refractivity contribution is 0.0746. The molecule has 0 saturated heterocycles. The average Bonchev–Trinajstić information content (AvgIpc) is 3.34. The van der Waals surface area contributed by atoms with Gasteiger partial charge in [0.2, 0.25) is 0 Å². The summed E-state index contributed by atoms with van der Waals surface area (Å²) >= 11 is 0. The molecule has 0 radical (unpaired) electrons. The number of hydrogen-bond acceptors (Lipinski definition) is 4. The summed E-state index contributed by atoms with van der Waals surface area (Å²) in [6, 6.07) is 29.4. The van der Waals surface area contributed by atoms with E-state index in [1.165, 1.54) is 0 Å². The zero-order chi connectivity index (χ0) is 25.8. The number of anilines is 1. The van der Waals surface area contributed by atoms with E-state index in [1.54, 1.807) is 0 Å². The van der Waals surface area contributed by atoms with E-state index < -0.39 is 0 Å². The predicted molar refractivity (Wildman–Crippen MR) is 147 cm³/mol. The standard InChI is InChI=1S/C32H30N2O3/c1-22(2)28-16-29(32(35)34-18-25-13-14-27(33)15-26(25)19-34)31(37-21-24-11-7-4-8-12-24)17-30(28)36-20-23-9-5-3-6-10-23/h3-17H,1,18-21,33H2,2H3. The zero-order valence-electron chi connectivity index (χ0n) is 20.9. The SMILES string of the molecule is C=C(C)c1cc(C(=O)N2Cc3ccc(N)cc3C2)c(OCc2ccccc2)cc1OCc1ccccc1. The van der Waals surface area contributed by atoms with Crippen LogP contribution in [0.2, 0.25) is 0 Å². The van der Waals surface area contributed by atoms with Crippen molar-refractivity contribution in [1.82, 2.24) is 4.90 Å². The Bertz CT molecular complexity index is 1430. The van der Waals surface area contributed by atoms with E-state index in [-0.39, 0.29) is 5.91 Å². The third-order valence-electron chi connectivity index (χ3n) is 6.49. The molecule has 0 bridgehead atoms. The molecule has 5 heteroatoms. The topological polar surface area (TPSA) is 64.8 Å². The summed E-state index contributed by atoms with van der Waals surface area (Å²) in [5.74, 6) is 1.01. The number of carbonyl (C=O) groups is 1. The molecule has 0 fully saturated rings. The maximum absolute atomic E-state index is 13.8. The molecule has 1 amide bonds. The molecule has 5 nitrogen and oxygen atoms in total. The van der Waals surface area contributed by atoms with Crippen LogP contribution in [0.1, 0.15) is 45.1 Å². The number of fused-ring (bicyclic) bond motifs is 1. The fraction of sp³-hybridized carbons (Fsp3) is 0.156. The first-order chi connectivity index (χ1) is 18.0. The fourth-order valence-electron chi connectivity index (χ4n) is 4.50. The van der Waals surface area contributed by atoms with Crippen molar-refractivity contribution in [2.45, 2.75) is 33.2 Å². The summed E-state index contributed by atoms with van der Waals surface area (Å²) in [5.41, 5.74) is 13.0. The Morgan fingerprint density at radius 1 is 0.784 bits per heavy atom. The summed E-state index contributed by atoms with van der Waals surface area (Å²) in [7, 11) is 0. The molecule has 186 valence electrons. The van der Waals surface area contributed by atoms with Crippen molar-refractivity contribution < 1.29 is 14.3 Å². The fourth-order valence-corrected chi connectivity index (χ4v) is 4.50. The summed E-state index contributed by atoms with van der Waals surface area (Å²) < 4.78 is 12.5. The highest BCUT2D eigenvalue weighted by molar-refractivity contribution is 5.98. The van der Waals surface area contributed by atoms with Gasteiger partial charge in [-0.2, -0.15) is 0 Å². The second kappa shape index (κ2) is 10.6. The minimum absolute atomic E-state index is 0.102. The lowest BCUT2D eigenvalue weighted by atomic mass is 10.0. The first-order valence-corrected chi connectivity index (χ1v) is 12.3. The molecule has 4 aromatic carbocycles. The minimum Gasteiger partial charge on any atom is -0.488 e. The maximum atomic E-state index is 13.8. The van der Waals surface area contributed by atoms with Crippen molar-refractivity contribution in [2.75, 3.05) is 5.73 Å². The van der Waals surface area contributed by atoms with Gasteiger partial charge < -0.3 is 20.1 Å². The Hall–Kier alpha value is -4.51. The van der Waals surface area contributed by atoms with Crippen molar-refractivity contribution in [3.05, 3.63) is 131 Å². The monoisotopic (exact) mass is 490 g/mol. The van der Waals surface area contributed by atoms with E-state index in [2.05, 4.69) is 6.58 Å². The molecule has 1 heterocycles. The number of amides is 1. The van der Waals surface area contributed by atoms with Crippen LogP contribution in [0.25, 0.3) is 5.57 Å². The number of hydrogen-bond donors (Lipinski definition) is 1. The van der Waals surface area contributed by atoms with Gasteiger partial charge in [-0.1, -0.05) is 73.3 Å². The van der Waals surface area contributed by atoms with Crippen LogP contribution in [0.5, 0.6) is 11.5 Å². The van der Waals surface area contributed by atoms with Crippen LogP contribution in [0.15, 0.2) is 97.6 Å². The van der Waals surface area contributed by atoms with Gasteiger partial charge in [-0.3, -0.25) is 4.79 Å². The number of carbonyl (C=O) groups excluding carboxylic acids is 1. The van der Waals surface area contributed by atoms with Gasteiger partial charge in [0.1, 0.15) is 24.7 Å². The van der Waals surface area contributed by atoms with E-state index in [0.717, 1.165) is 33.4 Å². The van der Waals surface area contributed by atoms with Gasteiger partial charge in [-0.25, -0.2) is 0 Å². The largest absolute Gasteiger partial charge is 0.488 e. The minimum atomic E-state index is -0.102. The lowest BCUT2D eigenvalue weighted by Crippen LogP contribution is -2.26. The normalized spacial score (nSPS) is 12.2. The Morgan fingerprint density at radius 2 is 1.35 bits per heavy atom. The highest BCUT2D eigenvalue weighted by Gasteiger charge is 2.28. The van der Waals surface area contributed by atoms with Crippen molar-refractivity contribution in [1.29, 1.82) is 0 Å². The molecule has 0 unspecified atom stereocenters. The second-order valence-corrected chi connectivity index (χ2v) is 9.36. The molecule has 0 aromatic heterocycles. The molecular weight excluding hydrogens is 460 g/mol.